The monoisotopic (exact) mass is 289 g/mol. The predicted molar refractivity (Wildman–Crippen MR) is 83.2 cm³/mol. The van der Waals surface area contributed by atoms with E-state index in [1.165, 1.54) is 0 Å². The maximum absolute atomic E-state index is 12.3. The number of hydrogen-bond acceptors (Lipinski definition) is 2. The van der Waals surface area contributed by atoms with E-state index in [2.05, 4.69) is 5.32 Å². The van der Waals surface area contributed by atoms with Crippen molar-refractivity contribution in [3.8, 4) is 0 Å². The molecular formula is C16H23N3O2. The van der Waals surface area contributed by atoms with E-state index in [-0.39, 0.29) is 17.9 Å². The van der Waals surface area contributed by atoms with E-state index >= 15 is 0 Å². The van der Waals surface area contributed by atoms with Gasteiger partial charge in [-0.25, -0.2) is 4.79 Å². The lowest BCUT2D eigenvalue weighted by molar-refractivity contribution is -0.121. The minimum absolute atomic E-state index is 0.0178. The number of hydrogen-bond donors (Lipinski definition) is 1. The van der Waals surface area contributed by atoms with Crippen molar-refractivity contribution in [2.24, 2.45) is 5.92 Å². The molecule has 1 aromatic rings. The molecule has 0 unspecified atom stereocenters. The van der Waals surface area contributed by atoms with Crippen LogP contribution in [0.2, 0.25) is 0 Å². The van der Waals surface area contributed by atoms with Gasteiger partial charge in [0.15, 0.2) is 0 Å². The fraction of sp³-hybridized carbons (Fsp3) is 0.500. The van der Waals surface area contributed by atoms with Crippen LogP contribution in [0.5, 0.6) is 0 Å². The summed E-state index contributed by atoms with van der Waals surface area (Å²) in [6.45, 7) is 3.26. The van der Waals surface area contributed by atoms with Gasteiger partial charge in [-0.05, 0) is 31.4 Å². The number of nitrogens with one attached hydrogen (secondary N) is 1. The lowest BCUT2D eigenvalue weighted by Crippen LogP contribution is -2.45. The second-order valence-electron chi connectivity index (χ2n) is 5.74. The Morgan fingerprint density at radius 2 is 1.81 bits per heavy atom. The maximum Gasteiger partial charge on any atom is 0.319 e. The number of amides is 3. The van der Waals surface area contributed by atoms with Gasteiger partial charge in [-0.15, -0.1) is 0 Å². The van der Waals surface area contributed by atoms with Crippen molar-refractivity contribution in [1.82, 2.24) is 9.80 Å². The Labute approximate surface area is 125 Å². The van der Waals surface area contributed by atoms with Crippen molar-refractivity contribution >= 4 is 17.6 Å². The van der Waals surface area contributed by atoms with Crippen molar-refractivity contribution in [1.29, 1.82) is 0 Å². The summed E-state index contributed by atoms with van der Waals surface area (Å²) in [7, 11) is 3.50. The van der Waals surface area contributed by atoms with Crippen molar-refractivity contribution in [2.75, 3.05) is 32.5 Å². The molecule has 1 heterocycles. The van der Waals surface area contributed by atoms with Crippen molar-refractivity contribution in [2.45, 2.75) is 19.8 Å². The number of anilines is 1. The first-order valence-corrected chi connectivity index (χ1v) is 7.31. The van der Waals surface area contributed by atoms with Gasteiger partial charge in [0, 0.05) is 38.8 Å². The van der Waals surface area contributed by atoms with Crippen LogP contribution in [0.3, 0.4) is 0 Å². The van der Waals surface area contributed by atoms with Gasteiger partial charge < -0.3 is 15.1 Å². The van der Waals surface area contributed by atoms with Crippen LogP contribution in [0.25, 0.3) is 0 Å². The normalized spacial score (nSPS) is 15.7. The second-order valence-corrected chi connectivity index (χ2v) is 5.74. The van der Waals surface area contributed by atoms with Crippen LogP contribution in [0.15, 0.2) is 24.3 Å². The van der Waals surface area contributed by atoms with E-state index in [0.717, 1.165) is 24.1 Å². The molecule has 1 N–H and O–H groups in total. The third kappa shape index (κ3) is 3.74. The molecule has 21 heavy (non-hydrogen) atoms. The Morgan fingerprint density at radius 3 is 2.38 bits per heavy atom. The van der Waals surface area contributed by atoms with Crippen LogP contribution in [-0.4, -0.2) is 48.9 Å². The minimum Gasteiger partial charge on any atom is -0.331 e. The average molecular weight is 289 g/mol. The van der Waals surface area contributed by atoms with Crippen LogP contribution < -0.4 is 5.32 Å². The Hall–Kier alpha value is -2.04. The lowest BCUT2D eigenvalue weighted by atomic mass is 9.96. The SMILES string of the molecule is Cc1ccccc1NC(=O)C1CCN(C(=O)N(C)C)CC1. The molecule has 5 heteroatoms. The quantitative estimate of drug-likeness (QED) is 0.908. The van der Waals surface area contributed by atoms with E-state index in [4.69, 9.17) is 0 Å². The highest BCUT2D eigenvalue weighted by Crippen LogP contribution is 2.21. The highest BCUT2D eigenvalue weighted by molar-refractivity contribution is 5.93. The molecule has 114 valence electrons. The summed E-state index contributed by atoms with van der Waals surface area (Å²) in [4.78, 5) is 27.5. The fourth-order valence-corrected chi connectivity index (χ4v) is 2.56. The first-order valence-electron chi connectivity index (χ1n) is 7.31. The van der Waals surface area contributed by atoms with Crippen LogP contribution >= 0.6 is 0 Å². The van der Waals surface area contributed by atoms with Gasteiger partial charge in [0.05, 0.1) is 0 Å². The largest absolute Gasteiger partial charge is 0.331 e. The highest BCUT2D eigenvalue weighted by Gasteiger charge is 2.28. The second kappa shape index (κ2) is 6.61. The number of aryl methyl sites for hydroxylation is 1. The summed E-state index contributed by atoms with van der Waals surface area (Å²) in [5.41, 5.74) is 1.93. The van der Waals surface area contributed by atoms with E-state index in [9.17, 15) is 9.59 Å². The molecule has 2 rings (SSSR count). The molecule has 1 fully saturated rings. The summed E-state index contributed by atoms with van der Waals surface area (Å²) in [5.74, 6) is 0.0390. The summed E-state index contributed by atoms with van der Waals surface area (Å²) < 4.78 is 0. The molecule has 1 saturated heterocycles. The maximum atomic E-state index is 12.3. The van der Waals surface area contributed by atoms with Gasteiger partial charge in [0.1, 0.15) is 0 Å². The van der Waals surface area contributed by atoms with Crippen LogP contribution in [0.1, 0.15) is 18.4 Å². The number of nitrogens with zero attached hydrogens (tertiary/aromatic N) is 2. The standard InChI is InChI=1S/C16H23N3O2/c1-12-6-4-5-7-14(12)17-15(20)13-8-10-19(11-9-13)16(21)18(2)3/h4-7,13H,8-11H2,1-3H3,(H,17,20). The van der Waals surface area contributed by atoms with Crippen LogP contribution in [0, 0.1) is 12.8 Å². The Morgan fingerprint density at radius 1 is 1.19 bits per heavy atom. The third-order valence-corrected chi connectivity index (χ3v) is 3.92. The molecule has 3 amide bonds. The molecule has 0 aliphatic carbocycles. The summed E-state index contributed by atoms with van der Waals surface area (Å²) in [5, 5.41) is 2.99. The Balaban J connectivity index is 1.89. The minimum atomic E-state index is -0.0178. The van der Waals surface area contributed by atoms with Gasteiger partial charge in [0.2, 0.25) is 5.91 Å². The molecule has 0 spiro atoms. The van der Waals surface area contributed by atoms with Gasteiger partial charge in [-0.1, -0.05) is 18.2 Å². The summed E-state index contributed by atoms with van der Waals surface area (Å²) in [6, 6.07) is 7.79. The predicted octanol–water partition coefficient (Wildman–Crippen LogP) is 2.33. The first-order chi connectivity index (χ1) is 9.99. The zero-order valence-corrected chi connectivity index (χ0v) is 12.9. The van der Waals surface area contributed by atoms with Gasteiger partial charge in [-0.2, -0.15) is 0 Å². The Kier molecular flexibility index (Phi) is 4.83. The van der Waals surface area contributed by atoms with E-state index in [1.807, 2.05) is 31.2 Å². The molecule has 0 aromatic heterocycles. The van der Waals surface area contributed by atoms with E-state index in [0.29, 0.717) is 13.1 Å². The topological polar surface area (TPSA) is 52.7 Å². The number of carbonyl (C=O) groups is 2. The lowest BCUT2D eigenvalue weighted by Gasteiger charge is -2.33. The summed E-state index contributed by atoms with van der Waals surface area (Å²) in [6.07, 6.45) is 1.44. The molecule has 1 aromatic carbocycles. The number of likely N-dealkylation sites (tertiary alicyclic amines) is 1. The van der Waals surface area contributed by atoms with E-state index < -0.39 is 0 Å². The molecule has 1 aliphatic rings. The highest BCUT2D eigenvalue weighted by atomic mass is 16.2. The van der Waals surface area contributed by atoms with Crippen molar-refractivity contribution < 1.29 is 9.59 Å². The Bertz CT molecular complexity index is 520. The fourth-order valence-electron chi connectivity index (χ4n) is 2.56. The number of rotatable bonds is 2. The van der Waals surface area contributed by atoms with Crippen LogP contribution in [-0.2, 0) is 4.79 Å². The molecule has 0 radical (unpaired) electrons. The number of benzene rings is 1. The van der Waals surface area contributed by atoms with Gasteiger partial charge in [-0.3, -0.25) is 4.79 Å². The molecule has 0 bridgehead atoms. The number of carbonyl (C=O) groups excluding carboxylic acids is 2. The molecular weight excluding hydrogens is 266 g/mol. The van der Waals surface area contributed by atoms with Gasteiger partial charge >= 0.3 is 6.03 Å². The summed E-state index contributed by atoms with van der Waals surface area (Å²) >= 11 is 0. The van der Waals surface area contributed by atoms with Crippen molar-refractivity contribution in [3.05, 3.63) is 29.8 Å². The number of urea groups is 1. The molecule has 0 saturated carbocycles. The van der Waals surface area contributed by atoms with E-state index in [1.54, 1.807) is 23.9 Å². The van der Waals surface area contributed by atoms with Crippen molar-refractivity contribution in [3.63, 3.8) is 0 Å². The van der Waals surface area contributed by atoms with Gasteiger partial charge in [0.25, 0.3) is 0 Å². The van der Waals surface area contributed by atoms with Crippen LogP contribution in [0.4, 0.5) is 10.5 Å². The number of para-hydroxylation sites is 1. The molecule has 5 nitrogen and oxygen atoms in total. The zero-order valence-electron chi connectivity index (χ0n) is 12.9. The zero-order chi connectivity index (χ0) is 15.4. The smallest absolute Gasteiger partial charge is 0.319 e. The third-order valence-electron chi connectivity index (χ3n) is 3.92. The molecule has 0 atom stereocenters. The average Bonchev–Trinajstić information content (AvgIpc) is 2.49. The number of piperidine rings is 1. The first kappa shape index (κ1) is 15.4. The molecule has 1 aliphatic heterocycles.